The van der Waals surface area contributed by atoms with Crippen LogP contribution in [0.2, 0.25) is 0 Å². The van der Waals surface area contributed by atoms with Crippen molar-refractivity contribution in [1.82, 2.24) is 0 Å². The third-order valence-electron chi connectivity index (χ3n) is 1.21. The number of hydrogen-bond acceptors (Lipinski definition) is 2. The SMILES string of the molecule is N=[N+]1C=CC=C1.N=[N+]1C=CC=C1.[Fe]. The van der Waals surface area contributed by atoms with E-state index in [1.165, 1.54) is 9.39 Å². The summed E-state index contributed by atoms with van der Waals surface area (Å²) in [4.78, 5) is 0. The van der Waals surface area contributed by atoms with Crippen molar-refractivity contribution < 1.29 is 26.5 Å². The average Bonchev–Trinajstić information content (AvgIpc) is 2.63. The van der Waals surface area contributed by atoms with Gasteiger partial charge < -0.3 is 0 Å². The first kappa shape index (κ1) is 11.7. The second-order valence-corrected chi connectivity index (χ2v) is 2.18. The number of hydrogen-bond donors (Lipinski definition) is 2. The predicted octanol–water partition coefficient (Wildman–Crippen LogP) is 2.14. The van der Waals surface area contributed by atoms with Gasteiger partial charge in [0, 0.05) is 41.4 Å². The molecule has 2 rings (SSSR count). The molecule has 2 aliphatic heterocycles. The van der Waals surface area contributed by atoms with E-state index in [4.69, 9.17) is 11.1 Å². The molecule has 0 aromatic carbocycles. The summed E-state index contributed by atoms with van der Waals surface area (Å²) in [6, 6.07) is 0. The van der Waals surface area contributed by atoms with E-state index >= 15 is 0 Å². The van der Waals surface area contributed by atoms with Crippen LogP contribution < -0.4 is 0 Å². The Morgan fingerprint density at radius 3 is 0.923 bits per heavy atom. The molecule has 2 aliphatic rings. The minimum atomic E-state index is 0. The molecule has 5 heteroatoms. The molecule has 0 aromatic rings. The van der Waals surface area contributed by atoms with E-state index in [1.807, 2.05) is 24.3 Å². The fourth-order valence-corrected chi connectivity index (χ4v) is 0.669. The number of rotatable bonds is 0. The minimum Gasteiger partial charge on any atom is -0.0670 e. The standard InChI is InChI=1S/2C4H5N2.Fe/c2*5-6-3-1-2-4-6;/h2*1-5H;/q2*+1;. The Bertz CT molecular complexity index is 252. The summed E-state index contributed by atoms with van der Waals surface area (Å²) in [5.41, 5.74) is 13.6. The monoisotopic (exact) mass is 218 g/mol. The van der Waals surface area contributed by atoms with E-state index in [2.05, 4.69) is 0 Å². The molecule has 0 atom stereocenters. The molecule has 2 heterocycles. The van der Waals surface area contributed by atoms with Crippen LogP contribution in [0.3, 0.4) is 0 Å². The van der Waals surface area contributed by atoms with E-state index in [1.54, 1.807) is 24.8 Å². The molecule has 0 radical (unpaired) electrons. The third kappa shape index (κ3) is 5.00. The van der Waals surface area contributed by atoms with Gasteiger partial charge in [0.1, 0.15) is 0 Å². The predicted molar refractivity (Wildman–Crippen MR) is 42.5 cm³/mol. The van der Waals surface area contributed by atoms with Gasteiger partial charge in [0.05, 0.1) is 0 Å². The van der Waals surface area contributed by atoms with Crippen molar-refractivity contribution in [2.45, 2.75) is 0 Å². The quantitative estimate of drug-likeness (QED) is 0.462. The van der Waals surface area contributed by atoms with Crippen LogP contribution in [0, 0.1) is 11.1 Å². The van der Waals surface area contributed by atoms with Crippen LogP contribution in [0.5, 0.6) is 0 Å². The van der Waals surface area contributed by atoms with E-state index in [0.29, 0.717) is 0 Å². The van der Waals surface area contributed by atoms with Crippen molar-refractivity contribution >= 4 is 0 Å². The molecule has 0 aliphatic carbocycles. The molecule has 0 fully saturated rings. The van der Waals surface area contributed by atoms with E-state index < -0.39 is 0 Å². The van der Waals surface area contributed by atoms with E-state index in [9.17, 15) is 0 Å². The molecule has 68 valence electrons. The Morgan fingerprint density at radius 1 is 0.615 bits per heavy atom. The summed E-state index contributed by atoms with van der Waals surface area (Å²) >= 11 is 0. The van der Waals surface area contributed by atoms with Crippen molar-refractivity contribution in [2.75, 3.05) is 0 Å². The van der Waals surface area contributed by atoms with E-state index in [-0.39, 0.29) is 17.1 Å². The Kier molecular flexibility index (Phi) is 5.59. The zero-order valence-corrected chi connectivity index (χ0v) is 7.97. The summed E-state index contributed by atoms with van der Waals surface area (Å²) in [7, 11) is 0. The van der Waals surface area contributed by atoms with Crippen LogP contribution in [0.15, 0.2) is 49.1 Å². The second-order valence-electron chi connectivity index (χ2n) is 2.18. The number of nitrogens with one attached hydrogen (secondary N) is 2. The minimum absolute atomic E-state index is 0. The van der Waals surface area contributed by atoms with Crippen LogP contribution in [-0.2, 0) is 17.1 Å². The van der Waals surface area contributed by atoms with Gasteiger partial charge in [-0.25, -0.2) is 0 Å². The Balaban J connectivity index is 0.000000206. The van der Waals surface area contributed by atoms with Crippen LogP contribution in [0.1, 0.15) is 0 Å². The zero-order chi connectivity index (χ0) is 8.81. The van der Waals surface area contributed by atoms with Crippen molar-refractivity contribution in [1.29, 1.82) is 11.1 Å². The maximum absolute atomic E-state index is 6.79. The molecule has 4 nitrogen and oxygen atoms in total. The summed E-state index contributed by atoms with van der Waals surface area (Å²) < 4.78 is 2.50. The molecule has 0 saturated heterocycles. The van der Waals surface area contributed by atoms with Gasteiger partial charge >= 0.3 is 0 Å². The molecule has 2 N–H and O–H groups in total. The normalized spacial score (nSPS) is 15.7. The van der Waals surface area contributed by atoms with E-state index in [0.717, 1.165) is 0 Å². The van der Waals surface area contributed by atoms with Gasteiger partial charge in [-0.3, -0.25) is 0 Å². The maximum atomic E-state index is 6.79. The van der Waals surface area contributed by atoms with Crippen LogP contribution >= 0.6 is 0 Å². The zero-order valence-electron chi connectivity index (χ0n) is 6.87. The maximum Gasteiger partial charge on any atom is 0.201 e. The fourth-order valence-electron chi connectivity index (χ4n) is 0.669. The third-order valence-corrected chi connectivity index (χ3v) is 1.21. The van der Waals surface area contributed by atoms with Crippen LogP contribution in [0.25, 0.3) is 0 Å². The molecule has 0 unspecified atom stereocenters. The van der Waals surface area contributed by atoms with Crippen molar-refractivity contribution in [3.8, 4) is 0 Å². The Hall–Kier alpha value is -1.32. The molecule has 0 amide bonds. The molecule has 13 heavy (non-hydrogen) atoms. The number of nitrogens with zero attached hydrogens (tertiary/aromatic N) is 2. The van der Waals surface area contributed by atoms with Gasteiger partial charge in [0.25, 0.3) is 0 Å². The summed E-state index contributed by atoms with van der Waals surface area (Å²) in [5, 5.41) is 0. The van der Waals surface area contributed by atoms with Crippen molar-refractivity contribution in [2.24, 2.45) is 0 Å². The first-order valence-electron chi connectivity index (χ1n) is 3.48. The summed E-state index contributed by atoms with van der Waals surface area (Å²) in [6.07, 6.45) is 13.9. The molecular formula is C8H10FeN4+2. The molecule has 0 saturated carbocycles. The smallest absolute Gasteiger partial charge is 0.0670 e. The summed E-state index contributed by atoms with van der Waals surface area (Å²) in [5.74, 6) is 0. The molecule has 0 aromatic heterocycles. The summed E-state index contributed by atoms with van der Waals surface area (Å²) in [6.45, 7) is 0. The topological polar surface area (TPSA) is 53.7 Å². The average molecular weight is 218 g/mol. The Morgan fingerprint density at radius 2 is 0.846 bits per heavy atom. The Labute approximate surface area is 87.0 Å². The first-order valence-corrected chi connectivity index (χ1v) is 3.48. The van der Waals surface area contributed by atoms with Gasteiger partial charge in [-0.2, -0.15) is 0 Å². The van der Waals surface area contributed by atoms with Gasteiger partial charge in [-0.05, 0) is 11.1 Å². The van der Waals surface area contributed by atoms with Crippen molar-refractivity contribution in [3.05, 3.63) is 49.1 Å². The van der Waals surface area contributed by atoms with Gasteiger partial charge in [-0.1, -0.05) is 9.39 Å². The fraction of sp³-hybridized carbons (Fsp3) is 0. The first-order chi connectivity index (χ1) is 5.79. The van der Waals surface area contributed by atoms with Gasteiger partial charge in [0.15, 0.2) is 0 Å². The van der Waals surface area contributed by atoms with Gasteiger partial charge in [-0.15, -0.1) is 0 Å². The van der Waals surface area contributed by atoms with Crippen LogP contribution in [-0.4, -0.2) is 9.39 Å². The van der Waals surface area contributed by atoms with Crippen LogP contribution in [0.4, 0.5) is 0 Å². The van der Waals surface area contributed by atoms with Crippen molar-refractivity contribution in [3.63, 3.8) is 0 Å². The van der Waals surface area contributed by atoms with Gasteiger partial charge in [0.2, 0.25) is 24.8 Å². The largest absolute Gasteiger partial charge is 0.201 e. The molecule has 0 bridgehead atoms. The molecular weight excluding hydrogens is 208 g/mol. The molecule has 0 spiro atoms. The number of allylic oxidation sites excluding steroid dienone is 4. The second kappa shape index (κ2) is 6.22.